The fourth-order valence-corrected chi connectivity index (χ4v) is 5.12. The van der Waals surface area contributed by atoms with Gasteiger partial charge in [0.1, 0.15) is 11.9 Å². The number of halogens is 1. The van der Waals surface area contributed by atoms with E-state index in [4.69, 9.17) is 17.3 Å². The average molecular weight is 523 g/mol. The average Bonchev–Trinajstić information content (AvgIpc) is 3.28. The van der Waals surface area contributed by atoms with Gasteiger partial charge in [0.15, 0.2) is 0 Å². The van der Waals surface area contributed by atoms with Crippen molar-refractivity contribution in [2.24, 2.45) is 13.0 Å². The molecule has 0 bridgehead atoms. The van der Waals surface area contributed by atoms with Crippen molar-refractivity contribution in [3.8, 4) is 0 Å². The zero-order chi connectivity index (χ0) is 26.9. The molecular formula is C27H31ClN6O3. The molecule has 0 saturated carbocycles. The van der Waals surface area contributed by atoms with Gasteiger partial charge >= 0.3 is 0 Å². The van der Waals surface area contributed by atoms with Crippen LogP contribution in [0.3, 0.4) is 0 Å². The second-order valence-electron chi connectivity index (χ2n) is 9.53. The van der Waals surface area contributed by atoms with Crippen LogP contribution in [-0.4, -0.2) is 50.5 Å². The lowest BCUT2D eigenvalue weighted by molar-refractivity contribution is -0.170. The van der Waals surface area contributed by atoms with Crippen LogP contribution in [0.15, 0.2) is 48.8 Å². The molecule has 1 aliphatic heterocycles. The molecule has 3 amide bonds. The SMILES string of the molecule is CC[C@@H](CC(=O)N1C(=O)[C@H](Cc2cc(C)nc(N)c2)[C@H]1C(=O)N(C)c1cnn(C)c1)c1cccc(Cl)c1. The maximum absolute atomic E-state index is 13.7. The molecule has 3 atom stereocenters. The minimum absolute atomic E-state index is 0.0942. The number of aromatic nitrogens is 3. The zero-order valence-corrected chi connectivity index (χ0v) is 22.1. The van der Waals surface area contributed by atoms with Crippen molar-refractivity contribution in [1.29, 1.82) is 0 Å². The Labute approximate surface area is 221 Å². The van der Waals surface area contributed by atoms with Crippen molar-refractivity contribution >= 4 is 40.8 Å². The van der Waals surface area contributed by atoms with Gasteiger partial charge in [0, 0.05) is 37.4 Å². The van der Waals surface area contributed by atoms with Gasteiger partial charge in [-0.1, -0.05) is 30.7 Å². The summed E-state index contributed by atoms with van der Waals surface area (Å²) in [5, 5.41) is 4.72. The topological polar surface area (TPSA) is 114 Å². The standard InChI is InChI=1S/C27H31ClN6O3/c1-5-18(19-7-6-8-20(28)12-19)13-24(35)34-25(27(37)33(4)21-14-30-32(3)15-21)22(26(34)36)10-17-9-16(2)31-23(29)11-17/h6-9,11-12,14-15,18,22,25H,5,10,13H2,1-4H3,(H2,29,31)/t18-,22+,25-/m0/s1. The summed E-state index contributed by atoms with van der Waals surface area (Å²) >= 11 is 6.16. The van der Waals surface area contributed by atoms with E-state index in [9.17, 15) is 14.4 Å². The van der Waals surface area contributed by atoms with E-state index in [0.29, 0.717) is 22.9 Å². The number of imide groups is 1. The Hall–Kier alpha value is -3.72. The van der Waals surface area contributed by atoms with E-state index in [-0.39, 0.29) is 36.5 Å². The number of benzene rings is 1. The third-order valence-electron chi connectivity index (χ3n) is 6.87. The Bertz CT molecular complexity index is 1320. The van der Waals surface area contributed by atoms with Crippen LogP contribution in [0.25, 0.3) is 0 Å². The predicted molar refractivity (Wildman–Crippen MR) is 142 cm³/mol. The largest absolute Gasteiger partial charge is 0.384 e. The molecule has 2 N–H and O–H groups in total. The molecule has 37 heavy (non-hydrogen) atoms. The number of likely N-dealkylation sites (N-methyl/N-ethyl adjacent to an activating group) is 1. The highest BCUT2D eigenvalue weighted by atomic mass is 35.5. The van der Waals surface area contributed by atoms with E-state index >= 15 is 0 Å². The number of nitrogens with two attached hydrogens (primary N) is 1. The van der Waals surface area contributed by atoms with Gasteiger partial charge in [-0.3, -0.25) is 24.0 Å². The van der Waals surface area contributed by atoms with Gasteiger partial charge in [0.2, 0.25) is 11.8 Å². The van der Waals surface area contributed by atoms with Gasteiger partial charge in [-0.15, -0.1) is 0 Å². The molecule has 3 heterocycles. The maximum Gasteiger partial charge on any atom is 0.250 e. The number of nitrogen functional groups attached to an aromatic ring is 1. The third-order valence-corrected chi connectivity index (χ3v) is 7.10. The van der Waals surface area contributed by atoms with Gasteiger partial charge in [0.05, 0.1) is 17.8 Å². The second kappa shape index (κ2) is 10.7. The molecule has 2 aromatic heterocycles. The Morgan fingerprint density at radius 2 is 2.00 bits per heavy atom. The number of carbonyl (C=O) groups is 3. The minimum Gasteiger partial charge on any atom is -0.384 e. The van der Waals surface area contributed by atoms with Crippen molar-refractivity contribution in [3.05, 3.63) is 70.6 Å². The quantitative estimate of drug-likeness (QED) is 0.453. The van der Waals surface area contributed by atoms with Crippen LogP contribution in [0.2, 0.25) is 5.02 Å². The summed E-state index contributed by atoms with van der Waals surface area (Å²) in [6, 6.07) is 9.97. The van der Waals surface area contributed by atoms with E-state index in [0.717, 1.165) is 21.7 Å². The highest BCUT2D eigenvalue weighted by molar-refractivity contribution is 6.30. The van der Waals surface area contributed by atoms with Gasteiger partial charge in [-0.2, -0.15) is 5.10 Å². The lowest BCUT2D eigenvalue weighted by Crippen LogP contribution is -2.69. The lowest BCUT2D eigenvalue weighted by Gasteiger charge is -2.46. The summed E-state index contributed by atoms with van der Waals surface area (Å²) < 4.78 is 1.59. The molecule has 9 nitrogen and oxygen atoms in total. The van der Waals surface area contributed by atoms with Crippen LogP contribution >= 0.6 is 11.6 Å². The van der Waals surface area contributed by atoms with Crippen molar-refractivity contribution in [2.75, 3.05) is 17.7 Å². The first-order chi connectivity index (χ1) is 17.6. The van der Waals surface area contributed by atoms with E-state index in [1.165, 1.54) is 4.90 Å². The molecule has 10 heteroatoms. The van der Waals surface area contributed by atoms with Crippen LogP contribution in [-0.2, 0) is 27.9 Å². The number of aryl methyl sites for hydroxylation is 2. The number of carbonyl (C=O) groups excluding carboxylic acids is 3. The van der Waals surface area contributed by atoms with E-state index in [2.05, 4.69) is 10.1 Å². The van der Waals surface area contributed by atoms with Crippen molar-refractivity contribution < 1.29 is 14.4 Å². The normalized spacial score (nSPS) is 17.9. The van der Waals surface area contributed by atoms with Crippen molar-refractivity contribution in [2.45, 2.75) is 45.1 Å². The Balaban J connectivity index is 1.61. The molecule has 1 aromatic carbocycles. The van der Waals surface area contributed by atoms with E-state index in [1.54, 1.807) is 43.3 Å². The van der Waals surface area contributed by atoms with Crippen LogP contribution in [0.1, 0.15) is 42.5 Å². The first kappa shape index (κ1) is 26.3. The Morgan fingerprint density at radius 1 is 1.24 bits per heavy atom. The summed E-state index contributed by atoms with van der Waals surface area (Å²) in [4.78, 5) is 47.3. The number of amides is 3. The molecule has 4 rings (SSSR count). The highest BCUT2D eigenvalue weighted by Gasteiger charge is 2.55. The summed E-state index contributed by atoms with van der Waals surface area (Å²) in [6.07, 6.45) is 4.33. The Kier molecular flexibility index (Phi) is 7.63. The van der Waals surface area contributed by atoms with E-state index < -0.39 is 12.0 Å². The smallest absolute Gasteiger partial charge is 0.250 e. The number of β-lactam (4-membered cyclic amide) rings is 1. The number of anilines is 2. The number of nitrogens with zero attached hydrogens (tertiary/aromatic N) is 5. The zero-order valence-electron chi connectivity index (χ0n) is 21.4. The molecular weight excluding hydrogens is 492 g/mol. The van der Waals surface area contributed by atoms with Crippen LogP contribution < -0.4 is 10.6 Å². The molecule has 1 aliphatic rings. The van der Waals surface area contributed by atoms with Gasteiger partial charge in [0.25, 0.3) is 5.91 Å². The van der Waals surface area contributed by atoms with Crippen LogP contribution in [0, 0.1) is 12.8 Å². The predicted octanol–water partition coefficient (Wildman–Crippen LogP) is 3.50. The number of hydrogen-bond donors (Lipinski definition) is 1. The minimum atomic E-state index is -0.934. The van der Waals surface area contributed by atoms with Crippen molar-refractivity contribution in [1.82, 2.24) is 19.7 Å². The van der Waals surface area contributed by atoms with Crippen molar-refractivity contribution in [3.63, 3.8) is 0 Å². The lowest BCUT2D eigenvalue weighted by atomic mass is 9.80. The molecule has 0 unspecified atom stereocenters. The fourth-order valence-electron chi connectivity index (χ4n) is 4.92. The summed E-state index contributed by atoms with van der Waals surface area (Å²) in [5.41, 5.74) is 8.92. The van der Waals surface area contributed by atoms with Gasteiger partial charge in [-0.25, -0.2) is 4.98 Å². The molecule has 3 aromatic rings. The van der Waals surface area contributed by atoms with E-state index in [1.807, 2.05) is 38.1 Å². The van der Waals surface area contributed by atoms with Crippen LogP contribution in [0.5, 0.6) is 0 Å². The first-order valence-electron chi connectivity index (χ1n) is 12.2. The summed E-state index contributed by atoms with van der Waals surface area (Å²) in [5.74, 6) is -1.57. The third kappa shape index (κ3) is 5.51. The summed E-state index contributed by atoms with van der Waals surface area (Å²) in [6.45, 7) is 3.80. The number of hydrogen-bond acceptors (Lipinski definition) is 6. The number of likely N-dealkylation sites (tertiary alicyclic amines) is 1. The maximum atomic E-state index is 13.7. The molecule has 0 aliphatic carbocycles. The number of pyridine rings is 1. The molecule has 1 fully saturated rings. The molecule has 194 valence electrons. The number of rotatable bonds is 8. The molecule has 1 saturated heterocycles. The highest BCUT2D eigenvalue weighted by Crippen LogP contribution is 2.35. The van der Waals surface area contributed by atoms with Gasteiger partial charge in [-0.05, 0) is 61.1 Å². The molecule has 0 spiro atoms. The molecule has 0 radical (unpaired) electrons. The fraction of sp³-hybridized carbons (Fsp3) is 0.370. The summed E-state index contributed by atoms with van der Waals surface area (Å²) in [7, 11) is 3.38. The second-order valence-corrected chi connectivity index (χ2v) is 9.97. The first-order valence-corrected chi connectivity index (χ1v) is 12.6. The monoisotopic (exact) mass is 522 g/mol. The van der Waals surface area contributed by atoms with Crippen LogP contribution in [0.4, 0.5) is 11.5 Å². The van der Waals surface area contributed by atoms with Gasteiger partial charge < -0.3 is 10.6 Å². The Morgan fingerprint density at radius 3 is 2.62 bits per heavy atom.